The van der Waals surface area contributed by atoms with Crippen molar-refractivity contribution in [2.45, 2.75) is 20.3 Å². The highest BCUT2D eigenvalue weighted by Gasteiger charge is 2.35. The molecule has 0 fully saturated rings. The lowest BCUT2D eigenvalue weighted by Crippen LogP contribution is -2.36. The highest BCUT2D eigenvalue weighted by molar-refractivity contribution is 6.48. The molecule has 5 rings (SSSR count). The van der Waals surface area contributed by atoms with Crippen LogP contribution in [0.25, 0.3) is 11.8 Å². The summed E-state index contributed by atoms with van der Waals surface area (Å²) in [7, 11) is 0. The van der Waals surface area contributed by atoms with Crippen LogP contribution in [0.15, 0.2) is 94.7 Å². The lowest BCUT2D eigenvalue weighted by Gasteiger charge is -2.22. The summed E-state index contributed by atoms with van der Waals surface area (Å²) in [6, 6.07) is 23.0. The first-order chi connectivity index (χ1) is 16.0. The zero-order valence-electron chi connectivity index (χ0n) is 18.5. The first-order valence-electron chi connectivity index (χ1n) is 10.8. The van der Waals surface area contributed by atoms with Gasteiger partial charge in [-0.05, 0) is 60.9 Å². The Bertz CT molecular complexity index is 1360. The molecule has 2 aliphatic rings. The van der Waals surface area contributed by atoms with Crippen LogP contribution in [0.1, 0.15) is 27.8 Å². The maximum absolute atomic E-state index is 13.4. The molecule has 1 amide bonds. The fraction of sp³-hybridized carbons (Fsp3) is 0.107. The van der Waals surface area contributed by atoms with Crippen molar-refractivity contribution in [1.82, 2.24) is 4.90 Å². The van der Waals surface area contributed by atoms with Crippen molar-refractivity contribution in [2.24, 2.45) is 9.98 Å². The average Bonchev–Trinajstić information content (AvgIpc) is 3.12. The van der Waals surface area contributed by atoms with Gasteiger partial charge in [0.1, 0.15) is 11.4 Å². The molecule has 0 atom stereocenters. The van der Waals surface area contributed by atoms with E-state index in [-0.39, 0.29) is 11.7 Å². The maximum Gasteiger partial charge on any atom is 0.282 e. The van der Waals surface area contributed by atoms with Crippen molar-refractivity contribution in [3.63, 3.8) is 0 Å². The van der Waals surface area contributed by atoms with Gasteiger partial charge in [0.15, 0.2) is 5.84 Å². The first-order valence-corrected chi connectivity index (χ1v) is 10.8. The monoisotopic (exact) mass is 433 g/mol. The smallest absolute Gasteiger partial charge is 0.282 e. The van der Waals surface area contributed by atoms with E-state index in [4.69, 9.17) is 9.98 Å². The molecule has 5 heteroatoms. The molecule has 3 aromatic rings. The molecule has 3 aromatic carbocycles. The van der Waals surface area contributed by atoms with Crippen molar-refractivity contribution in [1.29, 1.82) is 0 Å². The minimum absolute atomic E-state index is 0.179. The van der Waals surface area contributed by atoms with Crippen LogP contribution in [0.2, 0.25) is 0 Å². The van der Waals surface area contributed by atoms with Crippen LogP contribution >= 0.6 is 0 Å². The van der Waals surface area contributed by atoms with E-state index in [0.29, 0.717) is 23.7 Å². The number of fused-ring (bicyclic) bond motifs is 1. The highest BCUT2D eigenvalue weighted by Crippen LogP contribution is 2.29. The van der Waals surface area contributed by atoms with Crippen molar-refractivity contribution >= 4 is 29.2 Å². The molecule has 0 aliphatic carbocycles. The normalized spacial score (nSPS) is 16.4. The Morgan fingerprint density at radius 1 is 0.939 bits per heavy atom. The predicted octanol–water partition coefficient (Wildman–Crippen LogP) is 5.29. The fourth-order valence-electron chi connectivity index (χ4n) is 4.01. The van der Waals surface area contributed by atoms with Gasteiger partial charge in [0.2, 0.25) is 0 Å². The second-order valence-corrected chi connectivity index (χ2v) is 8.28. The van der Waals surface area contributed by atoms with Crippen LogP contribution < -0.4 is 0 Å². The molecular formula is C28H23N3O2. The zero-order valence-corrected chi connectivity index (χ0v) is 18.5. The number of carbonyl (C=O) groups is 1. The van der Waals surface area contributed by atoms with E-state index in [1.54, 1.807) is 35.4 Å². The van der Waals surface area contributed by atoms with E-state index in [1.165, 1.54) is 5.56 Å². The molecule has 2 heterocycles. The van der Waals surface area contributed by atoms with Gasteiger partial charge < -0.3 is 5.11 Å². The third-order valence-corrected chi connectivity index (χ3v) is 5.75. The van der Waals surface area contributed by atoms with Gasteiger partial charge >= 0.3 is 0 Å². The van der Waals surface area contributed by atoms with Gasteiger partial charge in [0.25, 0.3) is 5.91 Å². The SMILES string of the molecule is Cc1ccc(/C=C2\N=C3C(Cc4ccccc4)=NC(c4ccc(O)cc4)=CN3C2=O)c(C)c1. The third-order valence-electron chi connectivity index (χ3n) is 5.75. The molecule has 1 N–H and O–H groups in total. The Kier molecular flexibility index (Phi) is 5.23. The molecule has 0 saturated carbocycles. The number of carbonyl (C=O) groups excluding carboxylic acids is 1. The highest BCUT2D eigenvalue weighted by atomic mass is 16.3. The van der Waals surface area contributed by atoms with Gasteiger partial charge in [-0.2, -0.15) is 0 Å². The zero-order chi connectivity index (χ0) is 22.9. The van der Waals surface area contributed by atoms with E-state index in [1.807, 2.05) is 62.4 Å². The summed E-state index contributed by atoms with van der Waals surface area (Å²) in [5.74, 6) is 0.561. The van der Waals surface area contributed by atoms with Crippen LogP contribution in [-0.2, 0) is 11.2 Å². The number of amidine groups is 1. The average molecular weight is 434 g/mol. The number of phenols is 1. The third kappa shape index (κ3) is 4.13. The second kappa shape index (κ2) is 8.36. The van der Waals surface area contributed by atoms with Crippen LogP contribution in [0.3, 0.4) is 0 Å². The number of phenolic OH excluding ortho intramolecular Hbond substituents is 1. The van der Waals surface area contributed by atoms with Gasteiger partial charge in [-0.25, -0.2) is 9.98 Å². The minimum Gasteiger partial charge on any atom is -0.508 e. The molecule has 0 aromatic heterocycles. The van der Waals surface area contributed by atoms with Crippen molar-refractivity contribution in [3.8, 4) is 5.75 Å². The molecular weight excluding hydrogens is 410 g/mol. The van der Waals surface area contributed by atoms with Crippen molar-refractivity contribution < 1.29 is 9.90 Å². The van der Waals surface area contributed by atoms with Gasteiger partial charge in [-0.1, -0.05) is 54.1 Å². The predicted molar refractivity (Wildman–Crippen MR) is 132 cm³/mol. The number of aliphatic imine (C=N–C) groups is 2. The topological polar surface area (TPSA) is 65.3 Å². The van der Waals surface area contributed by atoms with Crippen LogP contribution in [0.4, 0.5) is 0 Å². The first kappa shape index (κ1) is 20.6. The summed E-state index contributed by atoms with van der Waals surface area (Å²) in [6.45, 7) is 4.08. The Balaban J connectivity index is 1.58. The van der Waals surface area contributed by atoms with Crippen LogP contribution in [0.5, 0.6) is 5.75 Å². The van der Waals surface area contributed by atoms with E-state index < -0.39 is 0 Å². The number of aromatic hydroxyl groups is 1. The lowest BCUT2D eigenvalue weighted by molar-refractivity contribution is -0.120. The molecule has 33 heavy (non-hydrogen) atoms. The number of hydrogen-bond acceptors (Lipinski definition) is 4. The molecule has 0 bridgehead atoms. The van der Waals surface area contributed by atoms with Gasteiger partial charge in [-0.15, -0.1) is 0 Å². The quantitative estimate of drug-likeness (QED) is 0.569. The van der Waals surface area contributed by atoms with E-state index >= 15 is 0 Å². The summed E-state index contributed by atoms with van der Waals surface area (Å²) in [6.07, 6.45) is 4.12. The Morgan fingerprint density at radius 2 is 1.70 bits per heavy atom. The second-order valence-electron chi connectivity index (χ2n) is 8.28. The largest absolute Gasteiger partial charge is 0.508 e. The van der Waals surface area contributed by atoms with Crippen LogP contribution in [-0.4, -0.2) is 27.5 Å². The summed E-state index contributed by atoms with van der Waals surface area (Å²) >= 11 is 0. The summed E-state index contributed by atoms with van der Waals surface area (Å²) < 4.78 is 0. The number of hydrogen-bond donors (Lipinski definition) is 1. The number of aryl methyl sites for hydroxylation is 2. The van der Waals surface area contributed by atoms with Gasteiger partial charge in [-0.3, -0.25) is 9.69 Å². The number of benzene rings is 3. The summed E-state index contributed by atoms with van der Waals surface area (Å²) in [5, 5.41) is 9.66. The van der Waals surface area contributed by atoms with Gasteiger partial charge in [0.05, 0.1) is 11.4 Å². The van der Waals surface area contributed by atoms with Gasteiger partial charge in [0, 0.05) is 18.2 Å². The maximum atomic E-state index is 13.4. The number of rotatable bonds is 4. The van der Waals surface area contributed by atoms with E-state index in [9.17, 15) is 9.90 Å². The van der Waals surface area contributed by atoms with E-state index in [2.05, 4.69) is 6.07 Å². The van der Waals surface area contributed by atoms with Crippen molar-refractivity contribution in [3.05, 3.63) is 113 Å². The minimum atomic E-state index is -0.179. The number of nitrogens with zero attached hydrogens (tertiary/aromatic N) is 3. The Labute approximate surface area is 192 Å². The molecule has 2 aliphatic heterocycles. The molecule has 0 radical (unpaired) electrons. The number of amides is 1. The molecule has 0 saturated heterocycles. The molecule has 5 nitrogen and oxygen atoms in total. The van der Waals surface area contributed by atoms with Crippen LogP contribution in [0, 0.1) is 13.8 Å². The molecule has 0 spiro atoms. The standard InChI is InChI=1S/C28H23N3O2/c1-18-8-9-22(19(2)14-18)16-25-28(33)31-17-26(21-10-12-23(32)13-11-21)29-24(27(31)30-25)15-20-6-4-3-5-7-20/h3-14,16-17,32H,15H2,1-2H3/b25-16-. The summed E-state index contributed by atoms with van der Waals surface area (Å²) in [4.78, 5) is 24.5. The summed E-state index contributed by atoms with van der Waals surface area (Å²) in [5.41, 5.74) is 6.92. The van der Waals surface area contributed by atoms with E-state index in [0.717, 1.165) is 28.0 Å². The fourth-order valence-corrected chi connectivity index (χ4v) is 4.01. The van der Waals surface area contributed by atoms with Crippen molar-refractivity contribution in [2.75, 3.05) is 0 Å². The lowest BCUT2D eigenvalue weighted by atomic mass is 10.0. The molecule has 0 unspecified atom stereocenters. The Morgan fingerprint density at radius 3 is 2.42 bits per heavy atom. The Hall–Kier alpha value is -4.25. The molecule has 162 valence electrons.